The minimum atomic E-state index is 0. The first kappa shape index (κ1) is 12.5. The van der Waals surface area contributed by atoms with Gasteiger partial charge in [0.2, 0.25) is 0 Å². The second-order valence-corrected chi connectivity index (χ2v) is 3.85. The van der Waals surface area contributed by atoms with Gasteiger partial charge in [-0.2, -0.15) is 0 Å². The summed E-state index contributed by atoms with van der Waals surface area (Å²) in [4.78, 5) is 1.02. The maximum atomic E-state index is 4.26. The molecule has 0 radical (unpaired) electrons. The number of hydrogen-bond donors (Lipinski definition) is 1. The molecule has 0 bridgehead atoms. The number of thiol groups is 1. The van der Waals surface area contributed by atoms with Crippen LogP contribution in [0.2, 0.25) is 0 Å². The summed E-state index contributed by atoms with van der Waals surface area (Å²) in [6, 6.07) is 18.8. The molecule has 2 aromatic rings. The van der Waals surface area contributed by atoms with E-state index in [0.29, 0.717) is 0 Å². The summed E-state index contributed by atoms with van der Waals surface area (Å²) in [6.45, 7) is 0. The third-order valence-corrected chi connectivity index (χ3v) is 2.49. The predicted molar refractivity (Wildman–Crippen MR) is 70.1 cm³/mol. The molecule has 0 nitrogen and oxygen atoms in total. The van der Waals surface area contributed by atoms with Crippen LogP contribution >= 0.6 is 12.6 Å². The molecule has 0 fully saturated rings. The fourth-order valence-electron chi connectivity index (χ4n) is 1.45. The Morgan fingerprint density at radius 3 is 1.87 bits per heavy atom. The fraction of sp³-hybridized carbons (Fsp3) is 0.0769. The Morgan fingerprint density at radius 2 is 1.27 bits per heavy atom. The van der Waals surface area contributed by atoms with Crippen molar-refractivity contribution in [2.45, 2.75) is 11.3 Å². The summed E-state index contributed by atoms with van der Waals surface area (Å²) in [7, 11) is 0. The van der Waals surface area contributed by atoms with Crippen LogP contribution in [-0.4, -0.2) is 18.9 Å². The van der Waals surface area contributed by atoms with Gasteiger partial charge in [0.1, 0.15) is 0 Å². The Hall–Kier alpha value is -0.613. The third-order valence-electron chi connectivity index (χ3n) is 2.19. The molecule has 0 aliphatic heterocycles. The van der Waals surface area contributed by atoms with Gasteiger partial charge >= 0.3 is 18.9 Å². The van der Waals surface area contributed by atoms with Gasteiger partial charge < -0.3 is 0 Å². The molecule has 0 saturated carbocycles. The molecule has 0 N–H and O–H groups in total. The van der Waals surface area contributed by atoms with E-state index >= 15 is 0 Å². The van der Waals surface area contributed by atoms with Crippen LogP contribution in [0.15, 0.2) is 59.5 Å². The normalized spacial score (nSPS) is 9.40. The second-order valence-electron chi connectivity index (χ2n) is 3.33. The molecule has 2 heteroatoms. The van der Waals surface area contributed by atoms with Gasteiger partial charge in [-0.3, -0.25) is 0 Å². The Labute approximate surface area is 108 Å². The van der Waals surface area contributed by atoms with Crippen molar-refractivity contribution in [2.75, 3.05) is 0 Å². The van der Waals surface area contributed by atoms with E-state index in [9.17, 15) is 0 Å². The van der Waals surface area contributed by atoms with Gasteiger partial charge in [0, 0.05) is 4.90 Å². The van der Waals surface area contributed by atoms with E-state index in [1.54, 1.807) is 0 Å². The third kappa shape index (κ3) is 3.80. The van der Waals surface area contributed by atoms with E-state index in [-0.39, 0.29) is 18.9 Å². The first-order valence-electron chi connectivity index (χ1n) is 4.66. The first-order chi connectivity index (χ1) is 6.84. The molecule has 0 atom stereocenters. The predicted octanol–water partition coefficient (Wildman–Crippen LogP) is 2.92. The molecule has 0 aromatic heterocycles. The summed E-state index contributed by atoms with van der Waals surface area (Å²) in [6.07, 6.45) is 0.995. The van der Waals surface area contributed by atoms with Crippen molar-refractivity contribution in [2.24, 2.45) is 0 Å². The monoisotopic (exact) mass is 208 g/mol. The van der Waals surface area contributed by atoms with Crippen LogP contribution in [0.4, 0.5) is 0 Å². The van der Waals surface area contributed by atoms with Crippen LogP contribution in [0.25, 0.3) is 0 Å². The number of rotatable bonds is 2. The molecule has 0 saturated heterocycles. The van der Waals surface area contributed by atoms with Gasteiger partial charge in [0.15, 0.2) is 0 Å². The second kappa shape index (κ2) is 6.08. The molecule has 0 amide bonds. The van der Waals surface area contributed by atoms with E-state index in [1.807, 2.05) is 18.2 Å². The minimum absolute atomic E-state index is 0. The molecule has 15 heavy (non-hydrogen) atoms. The molecule has 2 aromatic carbocycles. The summed E-state index contributed by atoms with van der Waals surface area (Å²) in [5.74, 6) is 0. The van der Waals surface area contributed by atoms with Gasteiger partial charge in [0.05, 0.1) is 0 Å². The van der Waals surface area contributed by atoms with Crippen LogP contribution in [0.3, 0.4) is 0 Å². The zero-order valence-corrected chi connectivity index (χ0v) is 8.74. The fourth-order valence-corrected chi connectivity index (χ4v) is 1.59. The molecular formula is C13H13LiS. The first-order valence-corrected chi connectivity index (χ1v) is 5.11. The van der Waals surface area contributed by atoms with Crippen LogP contribution < -0.4 is 0 Å². The van der Waals surface area contributed by atoms with Crippen molar-refractivity contribution in [1.82, 2.24) is 0 Å². The molecule has 72 valence electrons. The molecule has 0 unspecified atom stereocenters. The molecule has 0 aliphatic carbocycles. The van der Waals surface area contributed by atoms with E-state index in [1.165, 1.54) is 11.1 Å². The Balaban J connectivity index is 0.00000112. The van der Waals surface area contributed by atoms with Gasteiger partial charge in [-0.1, -0.05) is 42.5 Å². The van der Waals surface area contributed by atoms with Gasteiger partial charge in [-0.15, -0.1) is 12.6 Å². The standard InChI is InChI=1S/C13H12S.Li.H/c14-13-8-6-12(7-9-13)10-11-4-2-1-3-5-11;;/h1-9,14H,10H2;;. The van der Waals surface area contributed by atoms with Crippen molar-refractivity contribution in [3.05, 3.63) is 65.7 Å². The zero-order valence-electron chi connectivity index (χ0n) is 7.85. The molecular weight excluding hydrogens is 195 g/mol. The average Bonchev–Trinajstić information content (AvgIpc) is 2.23. The van der Waals surface area contributed by atoms with Gasteiger partial charge in [0.25, 0.3) is 0 Å². The number of benzene rings is 2. The SMILES string of the molecule is Sc1ccc(Cc2ccccc2)cc1.[LiH]. The molecule has 0 aliphatic rings. The van der Waals surface area contributed by atoms with Crippen LogP contribution in [0, 0.1) is 0 Å². The van der Waals surface area contributed by atoms with Crippen molar-refractivity contribution in [1.29, 1.82) is 0 Å². The van der Waals surface area contributed by atoms with Crippen molar-refractivity contribution in [3.8, 4) is 0 Å². The summed E-state index contributed by atoms with van der Waals surface area (Å²) >= 11 is 4.26. The quantitative estimate of drug-likeness (QED) is 0.569. The summed E-state index contributed by atoms with van der Waals surface area (Å²) in [5, 5.41) is 0. The summed E-state index contributed by atoms with van der Waals surface area (Å²) < 4.78 is 0. The van der Waals surface area contributed by atoms with Crippen LogP contribution in [0.1, 0.15) is 11.1 Å². The average molecular weight is 208 g/mol. The summed E-state index contributed by atoms with van der Waals surface area (Å²) in [5.41, 5.74) is 2.67. The Morgan fingerprint density at radius 1 is 0.733 bits per heavy atom. The van der Waals surface area contributed by atoms with Crippen LogP contribution in [-0.2, 0) is 6.42 Å². The topological polar surface area (TPSA) is 0 Å². The van der Waals surface area contributed by atoms with Gasteiger partial charge in [-0.25, -0.2) is 0 Å². The van der Waals surface area contributed by atoms with E-state index < -0.39 is 0 Å². The van der Waals surface area contributed by atoms with E-state index in [0.717, 1.165) is 11.3 Å². The molecule has 0 heterocycles. The number of hydrogen-bond acceptors (Lipinski definition) is 1. The maximum absolute atomic E-state index is 4.26. The molecule has 2 rings (SSSR count). The zero-order chi connectivity index (χ0) is 9.80. The van der Waals surface area contributed by atoms with E-state index in [4.69, 9.17) is 0 Å². The Kier molecular flexibility index (Phi) is 5.05. The van der Waals surface area contributed by atoms with E-state index in [2.05, 4.69) is 49.0 Å². The van der Waals surface area contributed by atoms with Crippen molar-refractivity contribution in [3.63, 3.8) is 0 Å². The van der Waals surface area contributed by atoms with Crippen LogP contribution in [0.5, 0.6) is 0 Å². The Bertz CT molecular complexity index is 395. The van der Waals surface area contributed by atoms with Crippen molar-refractivity contribution >= 4 is 31.5 Å². The van der Waals surface area contributed by atoms with Gasteiger partial charge in [-0.05, 0) is 29.7 Å². The van der Waals surface area contributed by atoms with Crippen molar-refractivity contribution < 1.29 is 0 Å². The molecule has 0 spiro atoms.